The summed E-state index contributed by atoms with van der Waals surface area (Å²) in [5.74, 6) is 0.0849. The Morgan fingerprint density at radius 3 is 1.95 bits per heavy atom. The van der Waals surface area contributed by atoms with E-state index in [0.717, 1.165) is 51.9 Å². The summed E-state index contributed by atoms with van der Waals surface area (Å²) in [5, 5.41) is 4.70. The summed E-state index contributed by atoms with van der Waals surface area (Å²) < 4.78 is 9.09. The third-order valence-electron chi connectivity index (χ3n) is 10.8. The van der Waals surface area contributed by atoms with Gasteiger partial charge in [0.1, 0.15) is 5.58 Å². The minimum Gasteiger partial charge on any atom is -0.454 e. The monoisotopic (exact) mass is 722 g/mol. The maximum absolute atomic E-state index is 6.66. The van der Waals surface area contributed by atoms with Gasteiger partial charge in [-0.2, -0.15) is 0 Å². The van der Waals surface area contributed by atoms with Crippen molar-refractivity contribution in [1.29, 1.82) is 0 Å². The lowest BCUT2D eigenvalue weighted by Gasteiger charge is -2.29. The Labute approximate surface area is 328 Å². The molecular formula is C53H42N2O. The average molecular weight is 723 g/mol. The summed E-state index contributed by atoms with van der Waals surface area (Å²) in [6, 6.07) is 60.4. The van der Waals surface area contributed by atoms with Gasteiger partial charge in [-0.05, 0) is 78.1 Å². The zero-order valence-electron chi connectivity index (χ0n) is 31.3. The van der Waals surface area contributed by atoms with Gasteiger partial charge >= 0.3 is 0 Å². The van der Waals surface area contributed by atoms with Crippen molar-refractivity contribution in [1.82, 2.24) is 4.57 Å². The van der Waals surface area contributed by atoms with Crippen LogP contribution in [0.4, 0.5) is 11.4 Å². The summed E-state index contributed by atoms with van der Waals surface area (Å²) in [4.78, 5) is 2.36. The minimum atomic E-state index is 0.0849. The summed E-state index contributed by atoms with van der Waals surface area (Å²) in [6.07, 6.45) is 11.9. The van der Waals surface area contributed by atoms with E-state index >= 15 is 0 Å². The van der Waals surface area contributed by atoms with Crippen LogP contribution in [0.25, 0.3) is 60.6 Å². The van der Waals surface area contributed by atoms with E-state index in [4.69, 9.17) is 4.42 Å². The summed E-state index contributed by atoms with van der Waals surface area (Å²) >= 11 is 0. The normalized spacial score (nSPS) is 12.5. The van der Waals surface area contributed by atoms with Crippen molar-refractivity contribution in [2.24, 2.45) is 0 Å². The van der Waals surface area contributed by atoms with Crippen LogP contribution in [0, 0.1) is 0 Å². The number of allylic oxidation sites excluding steroid dienone is 6. The number of furan rings is 1. The van der Waals surface area contributed by atoms with E-state index in [0.29, 0.717) is 0 Å². The van der Waals surface area contributed by atoms with Crippen LogP contribution in [0.5, 0.6) is 0 Å². The summed E-state index contributed by atoms with van der Waals surface area (Å²) in [7, 11) is 0. The molecular weight excluding hydrogens is 681 g/mol. The lowest BCUT2D eigenvalue weighted by atomic mass is 9.90. The summed E-state index contributed by atoms with van der Waals surface area (Å²) in [5.41, 5.74) is 12.1. The number of hydrogen-bond donors (Lipinski definition) is 0. The molecule has 0 aliphatic heterocycles. The molecule has 9 rings (SSSR count). The summed E-state index contributed by atoms with van der Waals surface area (Å²) in [6.45, 7) is 8.26. The van der Waals surface area contributed by atoms with Crippen molar-refractivity contribution < 1.29 is 4.42 Å². The van der Waals surface area contributed by atoms with E-state index in [9.17, 15) is 0 Å². The second-order valence-corrected chi connectivity index (χ2v) is 14.1. The van der Waals surface area contributed by atoms with Gasteiger partial charge in [0.05, 0.1) is 16.7 Å². The molecule has 0 saturated heterocycles. The van der Waals surface area contributed by atoms with Crippen molar-refractivity contribution in [2.45, 2.75) is 18.8 Å². The lowest BCUT2D eigenvalue weighted by Crippen LogP contribution is -2.17. The van der Waals surface area contributed by atoms with Gasteiger partial charge in [-0.1, -0.05) is 165 Å². The van der Waals surface area contributed by atoms with Crippen LogP contribution in [-0.2, 0) is 0 Å². The van der Waals surface area contributed by atoms with Crippen LogP contribution in [0.15, 0.2) is 224 Å². The molecule has 0 N–H and O–H groups in total. The van der Waals surface area contributed by atoms with Gasteiger partial charge in [0.25, 0.3) is 0 Å². The van der Waals surface area contributed by atoms with Crippen LogP contribution < -0.4 is 4.90 Å². The largest absolute Gasteiger partial charge is 0.454 e. The molecule has 2 heterocycles. The third-order valence-corrected chi connectivity index (χ3v) is 10.8. The van der Waals surface area contributed by atoms with Crippen molar-refractivity contribution in [3.05, 3.63) is 225 Å². The number of para-hydroxylation sites is 5. The highest BCUT2D eigenvalue weighted by atomic mass is 16.3. The molecule has 0 fully saturated rings. The predicted molar refractivity (Wildman–Crippen MR) is 238 cm³/mol. The van der Waals surface area contributed by atoms with E-state index in [1.807, 2.05) is 24.3 Å². The lowest BCUT2D eigenvalue weighted by molar-refractivity contribution is 0.667. The van der Waals surface area contributed by atoms with E-state index < -0.39 is 0 Å². The molecule has 0 bridgehead atoms. The van der Waals surface area contributed by atoms with E-state index in [2.05, 4.69) is 199 Å². The Balaban J connectivity index is 1.16. The number of anilines is 2. The highest BCUT2D eigenvalue weighted by Crippen LogP contribution is 2.43. The van der Waals surface area contributed by atoms with Crippen molar-refractivity contribution in [3.8, 4) is 16.8 Å². The molecule has 0 aliphatic carbocycles. The number of benzene rings is 7. The zero-order chi connectivity index (χ0) is 37.8. The number of rotatable bonds is 12. The van der Waals surface area contributed by atoms with Crippen LogP contribution in [0.2, 0.25) is 0 Å². The van der Waals surface area contributed by atoms with Crippen molar-refractivity contribution in [2.75, 3.05) is 4.90 Å². The first-order valence-corrected chi connectivity index (χ1v) is 19.3. The molecule has 3 nitrogen and oxygen atoms in total. The molecule has 0 amide bonds. The molecule has 7 aromatic carbocycles. The van der Waals surface area contributed by atoms with E-state index in [-0.39, 0.29) is 5.92 Å². The van der Waals surface area contributed by atoms with E-state index in [1.165, 1.54) is 44.2 Å². The number of aromatic nitrogens is 1. The van der Waals surface area contributed by atoms with Gasteiger partial charge in [-0.25, -0.2) is 0 Å². The number of hydrogen-bond acceptors (Lipinski definition) is 2. The van der Waals surface area contributed by atoms with Crippen LogP contribution >= 0.6 is 0 Å². The van der Waals surface area contributed by atoms with Crippen molar-refractivity contribution in [3.63, 3.8) is 0 Å². The Kier molecular flexibility index (Phi) is 9.49. The second-order valence-electron chi connectivity index (χ2n) is 14.1. The molecule has 3 heteroatoms. The fourth-order valence-electron chi connectivity index (χ4n) is 8.27. The average Bonchev–Trinajstić information content (AvgIpc) is 3.81. The fourth-order valence-corrected chi connectivity index (χ4v) is 8.27. The molecule has 0 spiro atoms. The molecule has 9 aromatic rings. The Hall–Kier alpha value is -7.10. The SMILES string of the molecule is C=CC=CC(CC/C(=C\C=C)N(c1ccc(-c2ccccc2)cc1)c1cccc2c1oc1ccccc12)c1ccccc1-n1c2ccccc2c2ccccc21. The fraction of sp³-hybridized carbons (Fsp3) is 0.0566. The van der Waals surface area contributed by atoms with Gasteiger partial charge in [0.15, 0.2) is 5.58 Å². The smallest absolute Gasteiger partial charge is 0.159 e. The third kappa shape index (κ3) is 6.33. The van der Waals surface area contributed by atoms with Gasteiger partial charge in [-0.15, -0.1) is 0 Å². The highest BCUT2D eigenvalue weighted by molar-refractivity contribution is 6.10. The predicted octanol–water partition coefficient (Wildman–Crippen LogP) is 14.9. The first-order chi connectivity index (χ1) is 27.7. The van der Waals surface area contributed by atoms with Crippen LogP contribution in [0.1, 0.15) is 24.3 Å². The second kappa shape index (κ2) is 15.3. The van der Waals surface area contributed by atoms with Crippen LogP contribution in [0.3, 0.4) is 0 Å². The van der Waals surface area contributed by atoms with Gasteiger partial charge in [0, 0.05) is 44.5 Å². The molecule has 1 atom stereocenters. The quantitative estimate of drug-likeness (QED) is 0.117. The Morgan fingerprint density at radius 1 is 0.589 bits per heavy atom. The first kappa shape index (κ1) is 34.7. The maximum atomic E-state index is 6.66. The number of nitrogens with zero attached hydrogens (tertiary/aromatic N) is 2. The van der Waals surface area contributed by atoms with Gasteiger partial charge in [0.2, 0.25) is 0 Å². The highest BCUT2D eigenvalue weighted by Gasteiger charge is 2.23. The Bertz CT molecular complexity index is 2850. The maximum Gasteiger partial charge on any atom is 0.159 e. The molecule has 2 aromatic heterocycles. The molecule has 0 saturated carbocycles. The van der Waals surface area contributed by atoms with Crippen LogP contribution in [-0.4, -0.2) is 4.57 Å². The van der Waals surface area contributed by atoms with E-state index in [1.54, 1.807) is 0 Å². The topological polar surface area (TPSA) is 21.3 Å². The number of fused-ring (bicyclic) bond motifs is 6. The Morgan fingerprint density at radius 2 is 1.21 bits per heavy atom. The van der Waals surface area contributed by atoms with Gasteiger partial charge in [-0.3, -0.25) is 0 Å². The molecule has 56 heavy (non-hydrogen) atoms. The minimum absolute atomic E-state index is 0.0849. The first-order valence-electron chi connectivity index (χ1n) is 19.3. The van der Waals surface area contributed by atoms with Crippen molar-refractivity contribution >= 4 is 55.1 Å². The zero-order valence-corrected chi connectivity index (χ0v) is 31.3. The molecule has 0 aliphatic rings. The molecule has 1 unspecified atom stereocenters. The molecule has 0 radical (unpaired) electrons. The standard InChI is InChI=1S/C53H42N2O/c1-3-5-19-40(43-22-9-13-27-48(43)55-49-28-14-10-23-44(49)45-24-11-15-29-50(45)55)34-37-41(18-4-2)54(42-35-32-39(33-36-42)38-20-7-6-8-21-38)51-30-17-26-47-46-25-12-16-31-52(46)56-53(47)51/h3-33,35-36,40H,1-2,34,37H2/b19-5?,41-18+. The van der Waals surface area contributed by atoms with Gasteiger partial charge < -0.3 is 13.9 Å². The molecule has 270 valence electrons.